The van der Waals surface area contributed by atoms with Gasteiger partial charge < -0.3 is 8.83 Å². The van der Waals surface area contributed by atoms with Crippen molar-refractivity contribution >= 4 is 21.5 Å². The fourth-order valence-corrected chi connectivity index (χ4v) is 6.49. The summed E-state index contributed by atoms with van der Waals surface area (Å²) in [6, 6.07) is 42.6. The molecule has 0 spiro atoms. The zero-order valence-electron chi connectivity index (χ0n) is 25.6. The first kappa shape index (κ1) is 27.6. The van der Waals surface area contributed by atoms with E-state index in [-0.39, 0.29) is 0 Å². The maximum Gasteiger partial charge on any atom is 0.181 e. The molecule has 0 unspecified atom stereocenters. The maximum atomic E-state index is 5.22. The Morgan fingerprint density at radius 1 is 0.333 bits per heavy atom. The molecule has 4 aromatic heterocycles. The number of rotatable bonds is 6. The highest BCUT2D eigenvalue weighted by molar-refractivity contribution is 6.21. The summed E-state index contributed by atoms with van der Waals surface area (Å²) < 4.78 is 10.4. The van der Waals surface area contributed by atoms with Gasteiger partial charge in [-0.25, -0.2) is 9.97 Å². The summed E-state index contributed by atoms with van der Waals surface area (Å²) in [4.78, 5) is 18.5. The second kappa shape index (κ2) is 11.6. The number of aromatic nitrogens is 4. The molecule has 0 aliphatic heterocycles. The van der Waals surface area contributed by atoms with Gasteiger partial charge >= 0.3 is 0 Å². The minimum absolute atomic E-state index is 0.750. The van der Waals surface area contributed by atoms with Crippen molar-refractivity contribution in [2.75, 3.05) is 0 Å². The summed E-state index contributed by atoms with van der Waals surface area (Å²) in [6.07, 6.45) is 9.84. The van der Waals surface area contributed by atoms with Gasteiger partial charge in [0.15, 0.2) is 12.8 Å². The first-order valence-corrected chi connectivity index (χ1v) is 15.6. The van der Waals surface area contributed by atoms with Crippen LogP contribution in [0, 0.1) is 0 Å². The quantitative estimate of drug-likeness (QED) is 0.173. The molecule has 9 aromatic rings. The molecule has 6 heteroatoms. The third-order valence-electron chi connectivity index (χ3n) is 8.84. The highest BCUT2D eigenvalue weighted by atomic mass is 16.3. The van der Waals surface area contributed by atoms with Crippen LogP contribution < -0.4 is 0 Å². The molecule has 0 saturated heterocycles. The highest BCUT2D eigenvalue weighted by Gasteiger charge is 2.19. The normalized spacial score (nSPS) is 11.3. The van der Waals surface area contributed by atoms with Crippen LogP contribution >= 0.6 is 0 Å². The van der Waals surface area contributed by atoms with E-state index in [0.717, 1.165) is 77.7 Å². The molecule has 6 nitrogen and oxygen atoms in total. The van der Waals surface area contributed by atoms with Crippen LogP contribution in [-0.4, -0.2) is 19.9 Å². The van der Waals surface area contributed by atoms with Crippen LogP contribution in [0.2, 0.25) is 0 Å². The van der Waals surface area contributed by atoms with Gasteiger partial charge in [0.1, 0.15) is 23.9 Å². The Bertz CT molecular complexity index is 2510. The Hall–Kier alpha value is -6.66. The minimum Gasteiger partial charge on any atom is -0.451 e. The van der Waals surface area contributed by atoms with Crippen LogP contribution in [0.25, 0.3) is 88.8 Å². The lowest BCUT2D eigenvalue weighted by atomic mass is 9.87. The van der Waals surface area contributed by atoms with Crippen molar-refractivity contribution in [3.8, 4) is 67.3 Å². The van der Waals surface area contributed by atoms with Gasteiger partial charge in [0.25, 0.3) is 0 Å². The topological polar surface area (TPSA) is 77.8 Å². The zero-order valence-corrected chi connectivity index (χ0v) is 25.6. The van der Waals surface area contributed by atoms with Gasteiger partial charge in [0.2, 0.25) is 0 Å². The molecule has 0 amide bonds. The molecule has 0 radical (unpaired) electrons. The van der Waals surface area contributed by atoms with Crippen LogP contribution in [0.4, 0.5) is 0 Å². The van der Waals surface area contributed by atoms with Crippen molar-refractivity contribution in [1.29, 1.82) is 0 Å². The number of nitrogens with zero attached hydrogens (tertiary/aromatic N) is 4. The molecule has 0 atom stereocenters. The molecule has 0 aliphatic rings. The summed E-state index contributed by atoms with van der Waals surface area (Å²) in [5.41, 5.74) is 11.8. The number of hydrogen-bond donors (Lipinski definition) is 0. The standard InChI is InChI=1S/C42H26N4O2/c1-2-6-27(7-3-1)28-10-12-29(13-11-28)30-14-17-35-36(20-30)42(38-19-16-32(22-44-38)40-24-48-26-46-40)34-9-5-4-8-33(34)41(35)37-18-15-31(21-43-37)39-23-47-25-45-39/h1-26H. The molecular weight excluding hydrogens is 592 g/mol. The van der Waals surface area contributed by atoms with Crippen LogP contribution in [0.1, 0.15) is 0 Å². The zero-order chi connectivity index (χ0) is 31.9. The number of fused-ring (bicyclic) bond motifs is 2. The van der Waals surface area contributed by atoms with E-state index >= 15 is 0 Å². The van der Waals surface area contributed by atoms with E-state index in [4.69, 9.17) is 18.8 Å². The van der Waals surface area contributed by atoms with Crippen molar-refractivity contribution < 1.29 is 8.83 Å². The third kappa shape index (κ3) is 4.84. The number of oxazole rings is 2. The van der Waals surface area contributed by atoms with E-state index in [0.29, 0.717) is 0 Å². The van der Waals surface area contributed by atoms with E-state index in [1.54, 1.807) is 12.5 Å². The Balaban J connectivity index is 1.26. The van der Waals surface area contributed by atoms with Gasteiger partial charge in [-0.3, -0.25) is 9.97 Å². The molecule has 9 rings (SSSR count). The smallest absolute Gasteiger partial charge is 0.181 e. The first-order valence-electron chi connectivity index (χ1n) is 15.6. The van der Waals surface area contributed by atoms with Crippen LogP contribution in [0.15, 0.2) is 168 Å². The van der Waals surface area contributed by atoms with E-state index in [2.05, 4.69) is 113 Å². The predicted molar refractivity (Wildman–Crippen MR) is 190 cm³/mol. The van der Waals surface area contributed by atoms with Gasteiger partial charge in [-0.05, 0) is 74.1 Å². The summed E-state index contributed by atoms with van der Waals surface area (Å²) in [5.74, 6) is 0. The molecule has 0 N–H and O–H groups in total. The highest BCUT2D eigenvalue weighted by Crippen LogP contribution is 2.44. The Labute approximate surface area is 276 Å². The second-order valence-electron chi connectivity index (χ2n) is 11.6. The van der Waals surface area contributed by atoms with E-state index < -0.39 is 0 Å². The molecule has 48 heavy (non-hydrogen) atoms. The fourth-order valence-electron chi connectivity index (χ4n) is 6.49. The number of hydrogen-bond acceptors (Lipinski definition) is 6. The van der Waals surface area contributed by atoms with Crippen LogP contribution in [0.3, 0.4) is 0 Å². The molecule has 4 heterocycles. The average molecular weight is 619 g/mol. The average Bonchev–Trinajstić information content (AvgIpc) is 3.91. The summed E-state index contributed by atoms with van der Waals surface area (Å²) in [5, 5.41) is 4.39. The van der Waals surface area contributed by atoms with E-state index in [1.165, 1.54) is 23.9 Å². The monoisotopic (exact) mass is 618 g/mol. The molecule has 5 aromatic carbocycles. The Morgan fingerprint density at radius 3 is 1.31 bits per heavy atom. The summed E-state index contributed by atoms with van der Waals surface area (Å²) in [6.45, 7) is 0. The maximum absolute atomic E-state index is 5.22. The second-order valence-corrected chi connectivity index (χ2v) is 11.6. The largest absolute Gasteiger partial charge is 0.451 e. The van der Waals surface area contributed by atoms with Crippen molar-refractivity contribution in [2.45, 2.75) is 0 Å². The van der Waals surface area contributed by atoms with Crippen molar-refractivity contribution in [3.63, 3.8) is 0 Å². The van der Waals surface area contributed by atoms with Crippen LogP contribution in [-0.2, 0) is 0 Å². The number of benzene rings is 5. The lowest BCUT2D eigenvalue weighted by Gasteiger charge is -2.18. The van der Waals surface area contributed by atoms with Gasteiger partial charge in [-0.2, -0.15) is 0 Å². The molecular formula is C42H26N4O2. The van der Waals surface area contributed by atoms with Crippen molar-refractivity contribution in [3.05, 3.63) is 159 Å². The van der Waals surface area contributed by atoms with E-state index in [1.807, 2.05) is 30.6 Å². The molecule has 226 valence electrons. The van der Waals surface area contributed by atoms with Gasteiger partial charge in [0.05, 0.1) is 11.4 Å². The van der Waals surface area contributed by atoms with Crippen molar-refractivity contribution in [2.24, 2.45) is 0 Å². The van der Waals surface area contributed by atoms with Crippen LogP contribution in [0.5, 0.6) is 0 Å². The van der Waals surface area contributed by atoms with Gasteiger partial charge in [-0.15, -0.1) is 0 Å². The fraction of sp³-hybridized carbons (Fsp3) is 0. The Kier molecular flexibility index (Phi) is 6.68. The Morgan fingerprint density at radius 2 is 0.792 bits per heavy atom. The van der Waals surface area contributed by atoms with Gasteiger partial charge in [-0.1, -0.05) is 91.0 Å². The summed E-state index contributed by atoms with van der Waals surface area (Å²) >= 11 is 0. The molecule has 0 fully saturated rings. The lowest BCUT2D eigenvalue weighted by Crippen LogP contribution is -1.95. The first-order chi connectivity index (χ1) is 23.8. The SMILES string of the molecule is c1ccc(-c2ccc(-c3ccc4c(-c5ccc(-c6cocn6)cn5)c5ccccc5c(-c5ccc(-c6cocn6)cn5)c4c3)cc2)cc1. The minimum atomic E-state index is 0.750. The van der Waals surface area contributed by atoms with Gasteiger partial charge in [0, 0.05) is 34.6 Å². The summed E-state index contributed by atoms with van der Waals surface area (Å²) in [7, 11) is 0. The molecule has 0 aliphatic carbocycles. The van der Waals surface area contributed by atoms with E-state index in [9.17, 15) is 0 Å². The molecule has 0 bridgehead atoms. The molecule has 0 saturated carbocycles. The van der Waals surface area contributed by atoms with Crippen molar-refractivity contribution in [1.82, 2.24) is 19.9 Å². The predicted octanol–water partition coefficient (Wildman–Crippen LogP) is 10.8. The lowest BCUT2D eigenvalue weighted by molar-refractivity contribution is 0.558. The number of pyridine rings is 2. The third-order valence-corrected chi connectivity index (χ3v) is 8.84.